The summed E-state index contributed by atoms with van der Waals surface area (Å²) in [6, 6.07) is 14.7. The number of anilines is 1. The lowest BCUT2D eigenvalue weighted by Gasteiger charge is -2.25. The molecule has 1 atom stereocenters. The smallest absolute Gasteiger partial charge is 0.485 e. The van der Waals surface area contributed by atoms with Crippen molar-refractivity contribution in [1.82, 2.24) is 9.97 Å². The van der Waals surface area contributed by atoms with Gasteiger partial charge < -0.3 is 19.9 Å². The lowest BCUT2D eigenvalue weighted by molar-refractivity contribution is -0.192. The number of alkyl halides is 3. The molecule has 0 fully saturated rings. The molecule has 2 aromatic heterocycles. The van der Waals surface area contributed by atoms with Crippen molar-refractivity contribution in [2.45, 2.75) is 12.3 Å². The van der Waals surface area contributed by atoms with E-state index in [2.05, 4.69) is 15.3 Å². The standard InChI is InChI=1S/C19H15N3O3.C2HF3O2/c23-19(17-12-24-15-3-1-2-4-16(15)25-17)22-18-6-5-14(11-21-18)13-7-9-20-10-8-13;3-2(4,5)1(6)7/h1-11,17H,12H2,(H,21,22,23);(H,6,7). The van der Waals surface area contributed by atoms with Crippen molar-refractivity contribution in [3.63, 3.8) is 0 Å². The number of fused-ring (bicyclic) bond motifs is 1. The van der Waals surface area contributed by atoms with Crippen molar-refractivity contribution in [1.29, 1.82) is 0 Å². The summed E-state index contributed by atoms with van der Waals surface area (Å²) in [6.45, 7) is 0.165. The third-order valence-corrected chi connectivity index (χ3v) is 4.07. The van der Waals surface area contributed by atoms with Crippen LogP contribution in [0.15, 0.2) is 67.1 Å². The number of carbonyl (C=O) groups excluding carboxylic acids is 1. The Hall–Kier alpha value is -4.15. The van der Waals surface area contributed by atoms with Crippen LogP contribution in [0.4, 0.5) is 19.0 Å². The second-order valence-electron chi connectivity index (χ2n) is 6.32. The van der Waals surface area contributed by atoms with Gasteiger partial charge in [0.2, 0.25) is 6.10 Å². The summed E-state index contributed by atoms with van der Waals surface area (Å²) < 4.78 is 43.0. The summed E-state index contributed by atoms with van der Waals surface area (Å²) in [5.41, 5.74) is 1.97. The number of halogens is 3. The quantitative estimate of drug-likeness (QED) is 0.632. The van der Waals surface area contributed by atoms with Gasteiger partial charge in [0, 0.05) is 24.2 Å². The number of nitrogens with one attached hydrogen (secondary N) is 1. The van der Waals surface area contributed by atoms with Gasteiger partial charge in [-0.05, 0) is 42.0 Å². The average molecular weight is 447 g/mol. The summed E-state index contributed by atoms with van der Waals surface area (Å²) in [6.07, 6.45) is -0.637. The van der Waals surface area contributed by atoms with E-state index in [1.165, 1.54) is 0 Å². The number of benzene rings is 1. The molecule has 0 bridgehead atoms. The highest BCUT2D eigenvalue weighted by atomic mass is 19.4. The first-order valence-electron chi connectivity index (χ1n) is 9.10. The summed E-state index contributed by atoms with van der Waals surface area (Å²) in [5, 5.41) is 9.88. The second kappa shape index (κ2) is 9.77. The van der Waals surface area contributed by atoms with Crippen LogP contribution in [0.25, 0.3) is 11.1 Å². The molecule has 0 saturated heterocycles. The molecule has 32 heavy (non-hydrogen) atoms. The number of amides is 1. The maximum Gasteiger partial charge on any atom is 0.490 e. The number of carbonyl (C=O) groups is 2. The topological polar surface area (TPSA) is 111 Å². The lowest BCUT2D eigenvalue weighted by Crippen LogP contribution is -2.40. The van der Waals surface area contributed by atoms with Crippen LogP contribution < -0.4 is 14.8 Å². The number of carboxylic acids is 1. The number of hydrogen-bond acceptors (Lipinski definition) is 6. The van der Waals surface area contributed by atoms with Crippen LogP contribution in [0, 0.1) is 0 Å². The number of nitrogens with zero attached hydrogens (tertiary/aromatic N) is 2. The Kier molecular flexibility index (Phi) is 6.88. The van der Waals surface area contributed by atoms with E-state index in [1.54, 1.807) is 30.7 Å². The van der Waals surface area contributed by atoms with E-state index in [9.17, 15) is 18.0 Å². The molecule has 3 heterocycles. The van der Waals surface area contributed by atoms with Gasteiger partial charge in [-0.25, -0.2) is 9.78 Å². The number of carboxylic acid groups (broad SMARTS) is 1. The van der Waals surface area contributed by atoms with E-state index in [0.29, 0.717) is 17.3 Å². The van der Waals surface area contributed by atoms with Crippen molar-refractivity contribution < 1.29 is 37.3 Å². The van der Waals surface area contributed by atoms with Crippen LogP contribution >= 0.6 is 0 Å². The molecule has 0 saturated carbocycles. The minimum absolute atomic E-state index is 0.165. The summed E-state index contributed by atoms with van der Waals surface area (Å²) >= 11 is 0. The van der Waals surface area contributed by atoms with E-state index in [-0.39, 0.29) is 12.5 Å². The van der Waals surface area contributed by atoms with E-state index in [1.807, 2.05) is 36.4 Å². The minimum Gasteiger partial charge on any atom is -0.485 e. The molecule has 0 aliphatic carbocycles. The van der Waals surface area contributed by atoms with E-state index in [0.717, 1.165) is 11.1 Å². The molecule has 11 heteroatoms. The first kappa shape index (κ1) is 22.5. The van der Waals surface area contributed by atoms with Crippen LogP contribution in [0.3, 0.4) is 0 Å². The van der Waals surface area contributed by atoms with Gasteiger partial charge in [0.1, 0.15) is 12.4 Å². The van der Waals surface area contributed by atoms with Crippen molar-refractivity contribution in [2.75, 3.05) is 11.9 Å². The highest BCUT2D eigenvalue weighted by Gasteiger charge is 2.38. The molecule has 3 aromatic rings. The fourth-order valence-corrected chi connectivity index (χ4v) is 2.54. The third-order valence-electron chi connectivity index (χ3n) is 4.07. The Labute approximate surface area is 179 Å². The van der Waals surface area contributed by atoms with Crippen molar-refractivity contribution >= 4 is 17.7 Å². The SMILES string of the molecule is O=C(Nc1ccc(-c2ccncc2)cn1)C1COc2ccccc2O1.O=C(O)C(F)(F)F. The molecule has 1 amide bonds. The first-order valence-corrected chi connectivity index (χ1v) is 9.10. The zero-order valence-corrected chi connectivity index (χ0v) is 16.2. The maximum atomic E-state index is 12.4. The van der Waals surface area contributed by atoms with Gasteiger partial charge in [0.05, 0.1) is 0 Å². The largest absolute Gasteiger partial charge is 0.490 e. The van der Waals surface area contributed by atoms with Gasteiger partial charge in [0.15, 0.2) is 11.5 Å². The van der Waals surface area contributed by atoms with Gasteiger partial charge >= 0.3 is 12.1 Å². The van der Waals surface area contributed by atoms with Gasteiger partial charge in [-0.2, -0.15) is 13.2 Å². The number of para-hydroxylation sites is 2. The molecule has 0 spiro atoms. The second-order valence-corrected chi connectivity index (χ2v) is 6.32. The fourth-order valence-electron chi connectivity index (χ4n) is 2.54. The molecule has 1 unspecified atom stereocenters. The minimum atomic E-state index is -5.08. The molecule has 0 radical (unpaired) electrons. The Morgan fingerprint density at radius 2 is 1.66 bits per heavy atom. The number of pyridine rings is 2. The summed E-state index contributed by atoms with van der Waals surface area (Å²) in [4.78, 5) is 29.5. The molecule has 1 aliphatic rings. The Morgan fingerprint density at radius 1 is 1.00 bits per heavy atom. The van der Waals surface area contributed by atoms with E-state index in [4.69, 9.17) is 19.4 Å². The normalized spacial score (nSPS) is 14.5. The molecule has 1 aromatic carbocycles. The monoisotopic (exact) mass is 447 g/mol. The van der Waals surface area contributed by atoms with Crippen molar-refractivity contribution in [2.24, 2.45) is 0 Å². The van der Waals surface area contributed by atoms with E-state index >= 15 is 0 Å². The maximum absolute atomic E-state index is 12.4. The molecule has 4 rings (SSSR count). The molecule has 8 nitrogen and oxygen atoms in total. The molecule has 166 valence electrons. The fraction of sp³-hybridized carbons (Fsp3) is 0.143. The van der Waals surface area contributed by atoms with Crippen molar-refractivity contribution in [3.05, 3.63) is 67.1 Å². The van der Waals surface area contributed by atoms with Crippen molar-refractivity contribution in [3.8, 4) is 22.6 Å². The third kappa shape index (κ3) is 5.94. The Morgan fingerprint density at radius 3 is 2.25 bits per heavy atom. The van der Waals surface area contributed by atoms with Crippen LogP contribution in [-0.2, 0) is 9.59 Å². The van der Waals surface area contributed by atoms with Crippen LogP contribution in [-0.4, -0.2) is 45.8 Å². The van der Waals surface area contributed by atoms with Crippen LogP contribution in [0.2, 0.25) is 0 Å². The molecule has 1 aliphatic heterocycles. The molecular weight excluding hydrogens is 431 g/mol. The summed E-state index contributed by atoms with van der Waals surface area (Å²) in [5.74, 6) is -1.38. The predicted octanol–water partition coefficient (Wildman–Crippen LogP) is 3.56. The average Bonchev–Trinajstić information content (AvgIpc) is 2.79. The predicted molar refractivity (Wildman–Crippen MR) is 106 cm³/mol. The zero-order valence-electron chi connectivity index (χ0n) is 16.2. The van der Waals surface area contributed by atoms with Crippen LogP contribution in [0.5, 0.6) is 11.5 Å². The Bertz CT molecular complexity index is 1080. The van der Waals surface area contributed by atoms with Gasteiger partial charge in [-0.3, -0.25) is 9.78 Å². The number of hydrogen-bond donors (Lipinski definition) is 2. The van der Waals surface area contributed by atoms with E-state index < -0.39 is 18.2 Å². The number of rotatable bonds is 3. The lowest BCUT2D eigenvalue weighted by atomic mass is 10.1. The number of aromatic nitrogens is 2. The van der Waals surface area contributed by atoms with Gasteiger partial charge in [-0.15, -0.1) is 0 Å². The van der Waals surface area contributed by atoms with Gasteiger partial charge in [0.25, 0.3) is 5.91 Å². The number of aliphatic carboxylic acids is 1. The zero-order chi connectivity index (χ0) is 23.1. The Balaban J connectivity index is 0.000000360. The van der Waals surface area contributed by atoms with Crippen LogP contribution in [0.1, 0.15) is 0 Å². The summed E-state index contributed by atoms with van der Waals surface area (Å²) in [7, 11) is 0. The molecule has 2 N–H and O–H groups in total. The number of ether oxygens (including phenoxy) is 2. The highest BCUT2D eigenvalue weighted by Crippen LogP contribution is 2.31. The highest BCUT2D eigenvalue weighted by molar-refractivity contribution is 5.94. The van der Waals surface area contributed by atoms with Gasteiger partial charge in [-0.1, -0.05) is 12.1 Å². The molecular formula is C21H16F3N3O5. The first-order chi connectivity index (χ1) is 15.2.